The number of anilines is 2. The molecule has 1 heterocycles. The highest BCUT2D eigenvalue weighted by molar-refractivity contribution is 5.56. The summed E-state index contributed by atoms with van der Waals surface area (Å²) in [7, 11) is 0. The Morgan fingerprint density at radius 1 is 1.35 bits per heavy atom. The van der Waals surface area contributed by atoms with Gasteiger partial charge in [0.05, 0.1) is 0 Å². The molecule has 17 heavy (non-hydrogen) atoms. The summed E-state index contributed by atoms with van der Waals surface area (Å²) >= 11 is 0. The molecule has 1 aliphatic rings. The molecule has 94 valence electrons. The molecule has 0 spiro atoms. The van der Waals surface area contributed by atoms with Gasteiger partial charge in [-0.15, -0.1) is 0 Å². The summed E-state index contributed by atoms with van der Waals surface area (Å²) in [4.78, 5) is 1.68. The van der Waals surface area contributed by atoms with Crippen molar-refractivity contribution in [2.24, 2.45) is 5.92 Å². The van der Waals surface area contributed by atoms with E-state index in [9.17, 15) is 8.78 Å². The average Bonchev–Trinajstić information content (AvgIpc) is 2.65. The van der Waals surface area contributed by atoms with Crippen molar-refractivity contribution in [3.05, 3.63) is 23.8 Å². The second-order valence-electron chi connectivity index (χ2n) is 4.45. The van der Waals surface area contributed by atoms with E-state index in [1.165, 1.54) is 0 Å². The van der Waals surface area contributed by atoms with Gasteiger partial charge >= 0.3 is 0 Å². The van der Waals surface area contributed by atoms with Crippen LogP contribution in [0.2, 0.25) is 0 Å². The summed E-state index contributed by atoms with van der Waals surface area (Å²) in [5.74, 6) is -0.935. The van der Waals surface area contributed by atoms with Crippen LogP contribution in [-0.2, 0) is 0 Å². The number of benzene rings is 1. The van der Waals surface area contributed by atoms with Gasteiger partial charge in [0.25, 0.3) is 0 Å². The Bertz CT molecular complexity index is 388. The van der Waals surface area contributed by atoms with E-state index >= 15 is 0 Å². The molecule has 0 radical (unpaired) electrons. The summed E-state index contributed by atoms with van der Waals surface area (Å²) in [5, 5.41) is 8.85. The van der Waals surface area contributed by atoms with Crippen molar-refractivity contribution >= 4 is 11.4 Å². The normalized spacial score (nSPS) is 19.9. The molecule has 0 bridgehead atoms. The molecule has 0 aromatic heterocycles. The summed E-state index contributed by atoms with van der Waals surface area (Å²) in [6, 6.07) is 2.27. The molecule has 3 N–H and O–H groups in total. The van der Waals surface area contributed by atoms with Crippen LogP contribution >= 0.6 is 0 Å². The Labute approximate surface area is 98.8 Å². The van der Waals surface area contributed by atoms with Crippen LogP contribution < -0.4 is 10.6 Å². The van der Waals surface area contributed by atoms with Crippen molar-refractivity contribution < 1.29 is 13.9 Å². The topological polar surface area (TPSA) is 49.5 Å². The average molecular weight is 242 g/mol. The van der Waals surface area contributed by atoms with Gasteiger partial charge in [-0.2, -0.15) is 0 Å². The fraction of sp³-hybridized carbons (Fsp3) is 0.500. The molecular formula is C12H16F2N2O. The SMILES string of the molecule is Nc1cc(F)c(N2CCC(CCO)C2)c(F)c1. The van der Waals surface area contributed by atoms with E-state index in [4.69, 9.17) is 10.8 Å². The number of halogens is 2. The number of aliphatic hydroxyl groups excluding tert-OH is 1. The summed E-state index contributed by atoms with van der Waals surface area (Å²) in [6.07, 6.45) is 1.53. The monoisotopic (exact) mass is 242 g/mol. The van der Waals surface area contributed by atoms with Gasteiger partial charge in [-0.1, -0.05) is 0 Å². The largest absolute Gasteiger partial charge is 0.399 e. The Kier molecular flexibility index (Phi) is 3.47. The third-order valence-corrected chi connectivity index (χ3v) is 3.18. The second kappa shape index (κ2) is 4.87. The van der Waals surface area contributed by atoms with E-state index in [0.717, 1.165) is 18.6 Å². The van der Waals surface area contributed by atoms with Crippen LogP contribution in [-0.4, -0.2) is 24.8 Å². The molecule has 1 unspecified atom stereocenters. The van der Waals surface area contributed by atoms with Gasteiger partial charge in [0, 0.05) is 25.4 Å². The summed E-state index contributed by atoms with van der Waals surface area (Å²) in [5.41, 5.74) is 5.46. The molecular weight excluding hydrogens is 226 g/mol. The molecule has 0 saturated carbocycles. The van der Waals surface area contributed by atoms with Gasteiger partial charge in [0.15, 0.2) is 11.6 Å². The van der Waals surface area contributed by atoms with Gasteiger partial charge in [-0.05, 0) is 30.9 Å². The van der Waals surface area contributed by atoms with E-state index in [1.807, 2.05) is 0 Å². The van der Waals surface area contributed by atoms with Crippen molar-refractivity contribution in [2.75, 3.05) is 30.3 Å². The maximum atomic E-state index is 13.7. The van der Waals surface area contributed by atoms with Crippen molar-refractivity contribution in [1.82, 2.24) is 0 Å². The van der Waals surface area contributed by atoms with E-state index in [1.54, 1.807) is 4.90 Å². The van der Waals surface area contributed by atoms with Crippen LogP contribution in [0.15, 0.2) is 12.1 Å². The molecule has 0 amide bonds. The van der Waals surface area contributed by atoms with Crippen LogP contribution in [0.1, 0.15) is 12.8 Å². The number of nitrogen functional groups attached to an aromatic ring is 1. The first kappa shape index (κ1) is 12.1. The van der Waals surface area contributed by atoms with Crippen molar-refractivity contribution in [3.8, 4) is 0 Å². The zero-order valence-electron chi connectivity index (χ0n) is 9.50. The fourth-order valence-corrected chi connectivity index (χ4v) is 2.34. The molecule has 2 rings (SSSR count). The highest BCUT2D eigenvalue weighted by Gasteiger charge is 2.26. The van der Waals surface area contributed by atoms with E-state index in [0.29, 0.717) is 25.4 Å². The fourth-order valence-electron chi connectivity index (χ4n) is 2.34. The van der Waals surface area contributed by atoms with Crippen molar-refractivity contribution in [1.29, 1.82) is 0 Å². The number of hydrogen-bond acceptors (Lipinski definition) is 3. The Morgan fingerprint density at radius 2 is 2.00 bits per heavy atom. The molecule has 1 saturated heterocycles. The first-order valence-corrected chi connectivity index (χ1v) is 5.72. The molecule has 1 aromatic rings. The van der Waals surface area contributed by atoms with Gasteiger partial charge < -0.3 is 15.7 Å². The summed E-state index contributed by atoms with van der Waals surface area (Å²) in [6.45, 7) is 1.31. The lowest BCUT2D eigenvalue weighted by atomic mass is 10.1. The predicted molar refractivity (Wildman–Crippen MR) is 62.8 cm³/mol. The van der Waals surface area contributed by atoms with Gasteiger partial charge in [-0.3, -0.25) is 0 Å². The predicted octanol–water partition coefficient (Wildman–Crippen LogP) is 1.76. The molecule has 5 heteroatoms. The van der Waals surface area contributed by atoms with Crippen molar-refractivity contribution in [3.63, 3.8) is 0 Å². The maximum absolute atomic E-state index is 13.7. The van der Waals surface area contributed by atoms with E-state index in [2.05, 4.69) is 0 Å². The smallest absolute Gasteiger partial charge is 0.151 e. The molecule has 1 fully saturated rings. The Morgan fingerprint density at radius 3 is 2.59 bits per heavy atom. The number of nitrogens with two attached hydrogens (primary N) is 1. The van der Waals surface area contributed by atoms with Crippen LogP contribution in [0.4, 0.5) is 20.2 Å². The maximum Gasteiger partial charge on any atom is 0.151 e. The second-order valence-corrected chi connectivity index (χ2v) is 4.45. The highest BCUT2D eigenvalue weighted by atomic mass is 19.1. The van der Waals surface area contributed by atoms with Crippen LogP contribution in [0.3, 0.4) is 0 Å². The van der Waals surface area contributed by atoms with Gasteiger partial charge in [0.2, 0.25) is 0 Å². The number of hydrogen-bond donors (Lipinski definition) is 2. The summed E-state index contributed by atoms with van der Waals surface area (Å²) < 4.78 is 27.3. The highest BCUT2D eigenvalue weighted by Crippen LogP contribution is 2.31. The molecule has 1 aromatic carbocycles. The third kappa shape index (κ3) is 2.49. The quantitative estimate of drug-likeness (QED) is 0.794. The first-order chi connectivity index (χ1) is 8.11. The zero-order valence-corrected chi connectivity index (χ0v) is 9.50. The minimum absolute atomic E-state index is 0.000334. The van der Waals surface area contributed by atoms with Crippen molar-refractivity contribution in [2.45, 2.75) is 12.8 Å². The number of aliphatic hydroxyl groups is 1. The van der Waals surface area contributed by atoms with Gasteiger partial charge in [-0.25, -0.2) is 8.78 Å². The van der Waals surface area contributed by atoms with Gasteiger partial charge in [0.1, 0.15) is 5.69 Å². The lowest BCUT2D eigenvalue weighted by Crippen LogP contribution is -2.22. The third-order valence-electron chi connectivity index (χ3n) is 3.18. The molecule has 1 atom stereocenters. The standard InChI is InChI=1S/C12H16F2N2O/c13-10-5-9(15)6-11(14)12(10)16-3-1-8(7-16)2-4-17/h5-6,8,17H,1-4,7,15H2. The van der Waals surface area contributed by atoms with E-state index < -0.39 is 11.6 Å². The Balaban J connectivity index is 2.19. The molecule has 1 aliphatic heterocycles. The zero-order chi connectivity index (χ0) is 12.4. The number of rotatable bonds is 3. The lowest BCUT2D eigenvalue weighted by molar-refractivity contribution is 0.263. The molecule has 0 aliphatic carbocycles. The Hall–Kier alpha value is -1.36. The van der Waals surface area contributed by atoms with Crippen LogP contribution in [0.5, 0.6) is 0 Å². The van der Waals surface area contributed by atoms with Crippen LogP contribution in [0.25, 0.3) is 0 Å². The minimum atomic E-state index is -0.618. The molecule has 3 nitrogen and oxygen atoms in total. The lowest BCUT2D eigenvalue weighted by Gasteiger charge is -2.20. The first-order valence-electron chi connectivity index (χ1n) is 5.72. The number of nitrogens with zero attached hydrogens (tertiary/aromatic N) is 1. The van der Waals surface area contributed by atoms with Crippen LogP contribution in [0, 0.1) is 17.6 Å². The van der Waals surface area contributed by atoms with E-state index in [-0.39, 0.29) is 18.0 Å². The minimum Gasteiger partial charge on any atom is -0.399 e.